The van der Waals surface area contributed by atoms with Gasteiger partial charge < -0.3 is 75.8 Å². The van der Waals surface area contributed by atoms with Gasteiger partial charge in [-0.15, -0.1) is 0 Å². The van der Waals surface area contributed by atoms with Crippen LogP contribution in [0.1, 0.15) is 171 Å². The topological polar surface area (TPSA) is 470 Å². The summed E-state index contributed by atoms with van der Waals surface area (Å²) in [5, 5.41) is 0.0309. The fraction of sp³-hybridized carbons (Fsp3) is 0.783. The third-order valence-corrected chi connectivity index (χ3v) is 19.3. The molecule has 0 aliphatic rings. The molecule has 1 heterocycles. The zero-order valence-electron chi connectivity index (χ0n) is 78.1. The molecule has 1 aromatic heterocycles. The predicted molar refractivity (Wildman–Crippen MR) is 558 cm³/mol. The van der Waals surface area contributed by atoms with E-state index in [0.29, 0.717) is 106 Å². The number of unbranched alkanes of at least 4 members (excludes halogenated alkanes) is 1. The molecule has 37 nitrogen and oxygen atoms in total. The maximum absolute atomic E-state index is 12.7. The predicted octanol–water partition coefficient (Wildman–Crippen LogP) is 8.08. The Balaban J connectivity index is -0.000000513. The van der Waals surface area contributed by atoms with Gasteiger partial charge in [-0.1, -0.05) is 55.4 Å². The summed E-state index contributed by atoms with van der Waals surface area (Å²) >= 11 is 59.5. The van der Waals surface area contributed by atoms with E-state index in [4.69, 9.17) is 75.8 Å². The van der Waals surface area contributed by atoms with Crippen LogP contribution in [-0.2, 0) is 167 Å². The van der Waals surface area contributed by atoms with Crippen molar-refractivity contribution in [2.75, 3.05) is 187 Å². The van der Waals surface area contributed by atoms with Crippen LogP contribution in [0.25, 0.3) is 0 Å². The van der Waals surface area contributed by atoms with Gasteiger partial charge in [0.05, 0.1) is 154 Å². The van der Waals surface area contributed by atoms with Crippen molar-refractivity contribution < 1.29 is 148 Å². The van der Waals surface area contributed by atoms with Crippen molar-refractivity contribution in [3.8, 4) is 0 Å². The summed E-state index contributed by atoms with van der Waals surface area (Å²) in [6.07, 6.45) is 4.40. The molecule has 0 N–H and O–H groups in total. The molecule has 135 heavy (non-hydrogen) atoms. The molecule has 0 spiro atoms. The van der Waals surface area contributed by atoms with Crippen LogP contribution < -0.4 is 17.1 Å². The number of ether oxygens (including phenoxy) is 16. The maximum Gasteiger partial charge on any atom is 0.336 e. The molecule has 0 radical (unpaired) electrons. The number of aromatic nitrogens is 3. The minimum absolute atomic E-state index is 0.00157. The molecular weight excluding hydrogens is 2060 g/mol. The SMILES string of the molecule is CC(C)(C)COCC(C)(C)COC(=O)CCS.CC(S)CC(=O)OCCCCOC(=O)CC(C)S.CCC(COC(=O)CCS)(COC(=O)CCS)COC(=O)CCS.O=C(CCS)OCC(COC(=O)CCS)(COC(=O)CCS)COC(=O)CCS.O=C(CCS)OCCOC(=O)CCS.O=C(CCS)OCCn1c(=O)n(CCOC(=O)CCS)c(=O)n(CCOC(=O)CCS)c1=O. The summed E-state index contributed by atoms with van der Waals surface area (Å²) in [5.41, 5.74) is -4.87. The Hall–Kier alpha value is -4.33. The molecule has 0 fully saturated rings. The minimum atomic E-state index is -1.25. The Labute approximate surface area is 874 Å². The van der Waals surface area contributed by atoms with E-state index < -0.39 is 87.6 Å². The highest BCUT2D eigenvalue weighted by atomic mass is 32.1. The Bertz CT molecular complexity index is 3370. The van der Waals surface area contributed by atoms with Crippen LogP contribution in [0.4, 0.5) is 0 Å². The van der Waals surface area contributed by atoms with E-state index in [1.165, 1.54) is 0 Å². The number of carbonyl (C=O) groups is 15. The van der Waals surface area contributed by atoms with Crippen molar-refractivity contribution in [3.63, 3.8) is 0 Å². The van der Waals surface area contributed by atoms with E-state index >= 15 is 0 Å². The fourth-order valence-corrected chi connectivity index (χ4v) is 11.6. The molecule has 0 aliphatic carbocycles. The minimum Gasteiger partial charge on any atom is -0.466 e. The first-order valence-corrected chi connectivity index (χ1v) is 52.2. The molecule has 0 saturated carbocycles. The van der Waals surface area contributed by atoms with E-state index in [-0.39, 0.29) is 267 Å². The van der Waals surface area contributed by atoms with Gasteiger partial charge in [-0.2, -0.15) is 189 Å². The third-order valence-electron chi connectivity index (χ3n) is 16.0. The van der Waals surface area contributed by atoms with Gasteiger partial charge in [-0.25, -0.2) is 28.1 Å². The number of esters is 15. The molecule has 1 aromatic rings. The molecule has 0 aliphatic heterocycles. The standard InChI is InChI=1S/C18H27N3O9S3.C17H28O8S4.C15H26O6S3.C13H26O3S.C12H22O4S2.C8H14O4S2/c22-13(1-10-31)28-7-4-19-16(25)20(5-8-29-14(23)2-11-32)18(27)21(17(19)26)6-9-30-15(24)3-12-33;18-13(1-5-26)22-9-17(10-23-14(19)2-6-27,11-24-15(20)3-7-28)12-25-16(21)4-8-29;1-2-15(9-19-12(16)3-6-22,10-20-13(17)4-7-23)11-21-14(18)5-8-24;1-12(2,3)8-15-9-13(4,5)10-16-11(14)6-7-17;1-9(17)7-11(13)15-5-3-4-6-16-12(14)8-10(2)18;9-7(1-5-13)11-3-4-12-8(10)2-6-14/h31-33H,1-12H2;26-29H,1-12H2;22-24H,2-11H2,1H3;17H,6-10H2,1-5H3;9-10,17-18H,3-8H2,1-2H3;13-14H,1-6H2. The lowest BCUT2D eigenvalue weighted by Gasteiger charge is -2.31. The van der Waals surface area contributed by atoms with Crippen molar-refractivity contribution in [2.24, 2.45) is 21.7 Å². The van der Waals surface area contributed by atoms with E-state index in [9.17, 15) is 86.3 Å². The second-order valence-corrected chi connectivity index (χ2v) is 38.2. The number of rotatable bonds is 67. The van der Waals surface area contributed by atoms with Gasteiger partial charge in [-0.3, -0.25) is 71.9 Å². The molecule has 52 heteroatoms. The van der Waals surface area contributed by atoms with Gasteiger partial charge in [0.1, 0.15) is 84.7 Å². The van der Waals surface area contributed by atoms with Crippen molar-refractivity contribution in [3.05, 3.63) is 31.5 Å². The van der Waals surface area contributed by atoms with Gasteiger partial charge in [-0.05, 0) is 24.7 Å². The molecule has 2 unspecified atom stereocenters. The normalized spacial score (nSPS) is 11.3. The number of thiol groups is 15. The Morgan fingerprint density at radius 2 is 0.437 bits per heavy atom. The van der Waals surface area contributed by atoms with Crippen molar-refractivity contribution in [2.45, 2.75) is 201 Å². The summed E-state index contributed by atoms with van der Waals surface area (Å²) in [4.78, 5) is 210. The number of nitrogens with zero attached hydrogens (tertiary/aromatic N) is 3. The molecule has 0 amide bonds. The zero-order valence-corrected chi connectivity index (χ0v) is 91.6. The number of carbonyl (C=O) groups excluding carboxylic acids is 15. The van der Waals surface area contributed by atoms with Crippen molar-refractivity contribution >= 4 is 279 Å². The number of hydrogen-bond acceptors (Lipinski definition) is 49. The summed E-state index contributed by atoms with van der Waals surface area (Å²) in [5.74, 6) is -1.76. The monoisotopic (exact) mass is 2210 g/mol. The van der Waals surface area contributed by atoms with Crippen LogP contribution in [0.2, 0.25) is 0 Å². The van der Waals surface area contributed by atoms with E-state index in [1.807, 2.05) is 34.6 Å². The number of hydrogen-bond donors (Lipinski definition) is 15. The third kappa shape index (κ3) is 82.9. The highest BCUT2D eigenvalue weighted by Gasteiger charge is 2.39. The highest BCUT2D eigenvalue weighted by molar-refractivity contribution is 7.82. The van der Waals surface area contributed by atoms with Gasteiger partial charge >= 0.3 is 107 Å². The Morgan fingerprint density at radius 1 is 0.252 bits per heavy atom. The molecule has 0 saturated heterocycles. The molecule has 2 atom stereocenters. The lowest BCUT2D eigenvalue weighted by atomic mass is 9.88. The highest BCUT2D eigenvalue weighted by Crippen LogP contribution is 2.27. The van der Waals surface area contributed by atoms with Crippen molar-refractivity contribution in [1.29, 1.82) is 0 Å². The van der Waals surface area contributed by atoms with Crippen LogP contribution in [-0.4, -0.2) is 301 Å². The van der Waals surface area contributed by atoms with Gasteiger partial charge in [0, 0.05) is 90.7 Å². The van der Waals surface area contributed by atoms with Crippen LogP contribution in [0.3, 0.4) is 0 Å². The second-order valence-electron chi connectivity index (χ2n) is 30.7. The fourth-order valence-electron chi connectivity index (χ4n) is 8.89. The van der Waals surface area contributed by atoms with Crippen LogP contribution in [0.15, 0.2) is 14.4 Å². The average molecular weight is 2210 g/mol. The first-order chi connectivity index (χ1) is 63.8. The summed E-state index contributed by atoms with van der Waals surface area (Å²) in [6.45, 7) is 15.7. The van der Waals surface area contributed by atoms with Gasteiger partial charge in [0.15, 0.2) is 0 Å². The molecular formula is C83H143N3O34S15. The van der Waals surface area contributed by atoms with Crippen LogP contribution in [0.5, 0.6) is 0 Å². The lowest BCUT2D eigenvalue weighted by Crippen LogP contribution is -2.55. The maximum atomic E-state index is 12.7. The van der Waals surface area contributed by atoms with Crippen LogP contribution in [0, 0.1) is 21.7 Å². The van der Waals surface area contributed by atoms with E-state index in [1.54, 1.807) is 0 Å². The first kappa shape index (κ1) is 139. The van der Waals surface area contributed by atoms with E-state index in [2.05, 4.69) is 210 Å². The summed E-state index contributed by atoms with van der Waals surface area (Å²) in [6, 6.07) is 0. The van der Waals surface area contributed by atoms with E-state index in [0.717, 1.165) is 13.7 Å². The average Bonchev–Trinajstić information content (AvgIpc) is 0.784. The quantitative estimate of drug-likeness (QED) is 0.0127. The Kier molecular flexibility index (Phi) is 91.3. The van der Waals surface area contributed by atoms with Gasteiger partial charge in [0.25, 0.3) is 0 Å². The smallest absolute Gasteiger partial charge is 0.336 e. The zero-order chi connectivity index (χ0) is 104. The molecule has 0 bridgehead atoms. The molecule has 0 aromatic carbocycles. The van der Waals surface area contributed by atoms with Gasteiger partial charge in [0.2, 0.25) is 0 Å². The summed E-state index contributed by atoms with van der Waals surface area (Å²) in [7, 11) is 0. The second kappa shape index (κ2) is 88.6. The summed E-state index contributed by atoms with van der Waals surface area (Å²) < 4.78 is 83.8. The molecule has 1 rings (SSSR count). The largest absolute Gasteiger partial charge is 0.466 e. The lowest BCUT2D eigenvalue weighted by molar-refractivity contribution is -0.171. The van der Waals surface area contributed by atoms with Crippen LogP contribution >= 0.6 is 189 Å². The Morgan fingerprint density at radius 3 is 0.630 bits per heavy atom. The first-order valence-electron chi connectivity index (χ1n) is 42.9. The van der Waals surface area contributed by atoms with Crippen molar-refractivity contribution in [1.82, 2.24) is 13.7 Å². The molecule has 784 valence electrons.